The molecule has 1 heterocycles. The van der Waals surface area contributed by atoms with E-state index in [1.54, 1.807) is 0 Å². The molecule has 0 spiro atoms. The predicted molar refractivity (Wildman–Crippen MR) is 85.0 cm³/mol. The molecule has 0 amide bonds. The van der Waals surface area contributed by atoms with Crippen LogP contribution in [0.15, 0.2) is 40.9 Å². The van der Waals surface area contributed by atoms with Gasteiger partial charge in [0.25, 0.3) is 0 Å². The molecule has 0 fully saturated rings. The molecule has 0 saturated carbocycles. The topological polar surface area (TPSA) is 35.2 Å². The molecule has 0 saturated heterocycles. The summed E-state index contributed by atoms with van der Waals surface area (Å²) in [4.78, 5) is 0. The highest BCUT2D eigenvalue weighted by molar-refractivity contribution is 9.10. The fraction of sp³-hybridized carbons (Fsp3) is 0.294. The van der Waals surface area contributed by atoms with E-state index in [0.29, 0.717) is 0 Å². The Hall–Kier alpha value is -1.32. The molecular weight excluding hydrogens is 314 g/mol. The Labute approximate surface area is 128 Å². The van der Waals surface area contributed by atoms with Crippen LogP contribution >= 0.6 is 15.9 Å². The highest BCUT2D eigenvalue weighted by Gasteiger charge is 2.27. The zero-order valence-corrected chi connectivity index (χ0v) is 13.3. The minimum Gasteiger partial charge on any atom is -0.485 e. The Morgan fingerprint density at radius 1 is 1.15 bits per heavy atom. The van der Waals surface area contributed by atoms with Crippen LogP contribution in [0.25, 0.3) is 0 Å². The third-order valence-corrected chi connectivity index (χ3v) is 4.75. The molecule has 20 heavy (non-hydrogen) atoms. The van der Waals surface area contributed by atoms with Crippen LogP contribution in [-0.4, -0.2) is 0 Å². The molecule has 0 radical (unpaired) electrons. The molecule has 2 N–H and O–H groups in total. The Kier molecular flexibility index (Phi) is 3.57. The second kappa shape index (κ2) is 5.23. The SMILES string of the molecule is Cc1ccc2c(c1)[C@H](N)CC(c1ccc(Br)c(C)c1)O2. The van der Waals surface area contributed by atoms with Crippen LogP contribution in [0, 0.1) is 13.8 Å². The van der Waals surface area contributed by atoms with Crippen LogP contribution in [0.5, 0.6) is 5.75 Å². The average molecular weight is 332 g/mol. The molecule has 0 aromatic heterocycles. The number of benzene rings is 2. The molecular formula is C17H18BrNO. The molecule has 3 heteroatoms. The summed E-state index contributed by atoms with van der Waals surface area (Å²) in [6, 6.07) is 12.6. The minimum atomic E-state index is 0.0343. The molecule has 1 aliphatic rings. The molecule has 1 aliphatic heterocycles. The van der Waals surface area contributed by atoms with Gasteiger partial charge in [-0.25, -0.2) is 0 Å². The molecule has 0 bridgehead atoms. The number of rotatable bonds is 1. The molecule has 104 valence electrons. The zero-order chi connectivity index (χ0) is 14.3. The first-order valence-corrected chi connectivity index (χ1v) is 7.63. The van der Waals surface area contributed by atoms with Crippen LogP contribution in [0.4, 0.5) is 0 Å². The van der Waals surface area contributed by atoms with Gasteiger partial charge in [0.05, 0.1) is 0 Å². The first kappa shape index (κ1) is 13.7. The standard InChI is InChI=1S/C17H18BrNO/c1-10-3-6-16-13(7-10)15(19)9-17(20-16)12-4-5-14(18)11(2)8-12/h3-8,15,17H,9,19H2,1-2H3/t15-,17?/m1/s1. The predicted octanol–water partition coefficient (Wildman–Crippen LogP) is 4.59. The molecule has 1 unspecified atom stereocenters. The number of hydrogen-bond acceptors (Lipinski definition) is 2. The lowest BCUT2D eigenvalue weighted by Crippen LogP contribution is -2.24. The van der Waals surface area contributed by atoms with E-state index in [-0.39, 0.29) is 12.1 Å². The van der Waals surface area contributed by atoms with E-state index in [2.05, 4.69) is 60.1 Å². The van der Waals surface area contributed by atoms with E-state index < -0.39 is 0 Å². The van der Waals surface area contributed by atoms with Crippen LogP contribution in [0.1, 0.15) is 40.8 Å². The van der Waals surface area contributed by atoms with Crippen molar-refractivity contribution in [1.29, 1.82) is 0 Å². The highest BCUT2D eigenvalue weighted by Crippen LogP contribution is 2.40. The van der Waals surface area contributed by atoms with Gasteiger partial charge >= 0.3 is 0 Å². The van der Waals surface area contributed by atoms with E-state index in [9.17, 15) is 0 Å². The summed E-state index contributed by atoms with van der Waals surface area (Å²) in [5.74, 6) is 0.917. The largest absolute Gasteiger partial charge is 0.485 e. The summed E-state index contributed by atoms with van der Waals surface area (Å²) in [7, 11) is 0. The third-order valence-electron chi connectivity index (χ3n) is 3.86. The quantitative estimate of drug-likeness (QED) is 0.829. The van der Waals surface area contributed by atoms with Crippen molar-refractivity contribution >= 4 is 15.9 Å². The van der Waals surface area contributed by atoms with Crippen molar-refractivity contribution in [3.63, 3.8) is 0 Å². The lowest BCUT2D eigenvalue weighted by Gasteiger charge is -2.31. The maximum Gasteiger partial charge on any atom is 0.126 e. The van der Waals surface area contributed by atoms with Gasteiger partial charge in [0.2, 0.25) is 0 Å². The highest BCUT2D eigenvalue weighted by atomic mass is 79.9. The Balaban J connectivity index is 1.94. The molecule has 3 rings (SSSR count). The van der Waals surface area contributed by atoms with Crippen molar-refractivity contribution in [2.75, 3.05) is 0 Å². The van der Waals surface area contributed by atoms with E-state index >= 15 is 0 Å². The summed E-state index contributed by atoms with van der Waals surface area (Å²) in [5, 5.41) is 0. The minimum absolute atomic E-state index is 0.0343. The molecule has 2 aromatic rings. The summed E-state index contributed by atoms with van der Waals surface area (Å²) in [6.45, 7) is 4.17. The van der Waals surface area contributed by atoms with Gasteiger partial charge < -0.3 is 10.5 Å². The van der Waals surface area contributed by atoms with Gasteiger partial charge in [-0.2, -0.15) is 0 Å². The van der Waals surface area contributed by atoms with E-state index in [1.807, 2.05) is 6.07 Å². The maximum atomic E-state index is 6.32. The summed E-state index contributed by atoms with van der Waals surface area (Å²) >= 11 is 3.53. The second-order valence-electron chi connectivity index (χ2n) is 5.50. The van der Waals surface area contributed by atoms with Gasteiger partial charge in [0, 0.05) is 22.5 Å². The molecule has 2 nitrogen and oxygen atoms in total. The number of fused-ring (bicyclic) bond motifs is 1. The first-order valence-electron chi connectivity index (χ1n) is 6.83. The monoisotopic (exact) mass is 331 g/mol. The van der Waals surface area contributed by atoms with Gasteiger partial charge in [-0.1, -0.05) is 45.8 Å². The van der Waals surface area contributed by atoms with Gasteiger partial charge in [-0.15, -0.1) is 0 Å². The Bertz CT molecular complexity index is 653. The average Bonchev–Trinajstić information content (AvgIpc) is 2.42. The second-order valence-corrected chi connectivity index (χ2v) is 6.35. The Morgan fingerprint density at radius 3 is 2.70 bits per heavy atom. The van der Waals surface area contributed by atoms with Gasteiger partial charge in [-0.05, 0) is 37.1 Å². The van der Waals surface area contributed by atoms with E-state index in [1.165, 1.54) is 16.7 Å². The van der Waals surface area contributed by atoms with Crippen molar-refractivity contribution in [2.24, 2.45) is 5.73 Å². The number of halogens is 1. The molecule has 2 aromatic carbocycles. The van der Waals surface area contributed by atoms with Crippen LogP contribution in [0.3, 0.4) is 0 Å². The van der Waals surface area contributed by atoms with Crippen LogP contribution < -0.4 is 10.5 Å². The van der Waals surface area contributed by atoms with Crippen LogP contribution in [0.2, 0.25) is 0 Å². The van der Waals surface area contributed by atoms with Crippen molar-refractivity contribution in [1.82, 2.24) is 0 Å². The smallest absolute Gasteiger partial charge is 0.126 e. The first-order chi connectivity index (χ1) is 9.54. The van der Waals surface area contributed by atoms with Crippen LogP contribution in [-0.2, 0) is 0 Å². The lowest BCUT2D eigenvalue weighted by molar-refractivity contribution is 0.161. The zero-order valence-electron chi connectivity index (χ0n) is 11.7. The summed E-state index contributed by atoms with van der Waals surface area (Å²) in [5.41, 5.74) is 11.1. The Morgan fingerprint density at radius 2 is 1.95 bits per heavy atom. The maximum absolute atomic E-state index is 6.32. The van der Waals surface area contributed by atoms with E-state index in [0.717, 1.165) is 22.2 Å². The fourth-order valence-corrected chi connectivity index (χ4v) is 2.94. The number of nitrogens with two attached hydrogens (primary N) is 1. The normalized spacial score (nSPS) is 21.2. The van der Waals surface area contributed by atoms with Gasteiger partial charge in [-0.3, -0.25) is 0 Å². The third kappa shape index (κ3) is 2.48. The summed E-state index contributed by atoms with van der Waals surface area (Å²) in [6.07, 6.45) is 0.851. The lowest BCUT2D eigenvalue weighted by atomic mass is 9.92. The van der Waals surface area contributed by atoms with Gasteiger partial charge in [0.1, 0.15) is 11.9 Å². The van der Waals surface area contributed by atoms with Crippen molar-refractivity contribution in [3.8, 4) is 5.75 Å². The fourth-order valence-electron chi connectivity index (χ4n) is 2.70. The summed E-state index contributed by atoms with van der Waals surface area (Å²) < 4.78 is 7.27. The van der Waals surface area contributed by atoms with Crippen molar-refractivity contribution < 1.29 is 4.74 Å². The van der Waals surface area contributed by atoms with Gasteiger partial charge in [0.15, 0.2) is 0 Å². The molecule has 2 atom stereocenters. The van der Waals surface area contributed by atoms with Crippen molar-refractivity contribution in [2.45, 2.75) is 32.4 Å². The number of hydrogen-bond donors (Lipinski definition) is 1. The van der Waals surface area contributed by atoms with Crippen molar-refractivity contribution in [3.05, 3.63) is 63.1 Å². The molecule has 0 aliphatic carbocycles. The van der Waals surface area contributed by atoms with E-state index in [4.69, 9.17) is 10.5 Å². The number of ether oxygens (including phenoxy) is 1. The number of aryl methyl sites for hydroxylation is 2.